The smallest absolute Gasteiger partial charge is 0.197 e. The number of aliphatic hydroxyl groups excluding tert-OH is 1. The zero-order valence-electron chi connectivity index (χ0n) is 17.1. The highest BCUT2D eigenvalue weighted by Crippen LogP contribution is 2.50. The summed E-state index contributed by atoms with van der Waals surface area (Å²) < 4.78 is 10.9. The van der Waals surface area contributed by atoms with Gasteiger partial charge in [-0.15, -0.1) is 0 Å². The first-order valence-corrected chi connectivity index (χ1v) is 9.92. The van der Waals surface area contributed by atoms with Crippen LogP contribution in [0, 0.1) is 0 Å². The molecule has 0 spiro atoms. The second-order valence-electron chi connectivity index (χ2n) is 7.31. The van der Waals surface area contributed by atoms with Crippen molar-refractivity contribution in [2.75, 3.05) is 14.2 Å². The number of carbonyl (C=O) groups excluding carboxylic acids is 1. The van der Waals surface area contributed by atoms with Crippen LogP contribution >= 0.6 is 0 Å². The monoisotopic (exact) mass is 396 g/mol. The second kappa shape index (κ2) is 8.80. The van der Waals surface area contributed by atoms with Crippen LogP contribution in [0.25, 0.3) is 5.57 Å². The van der Waals surface area contributed by atoms with Crippen LogP contribution in [0.15, 0.2) is 48.5 Å². The Morgan fingerprint density at radius 3 is 2.34 bits per heavy atom. The van der Waals surface area contributed by atoms with E-state index in [1.54, 1.807) is 12.1 Å². The van der Waals surface area contributed by atoms with Gasteiger partial charge in [-0.05, 0) is 37.0 Å². The molecule has 0 heterocycles. The molecule has 2 atom stereocenters. The van der Waals surface area contributed by atoms with Gasteiger partial charge in [0, 0.05) is 16.7 Å². The number of fused-ring (bicyclic) bond motifs is 1. The molecule has 3 rings (SSSR count). The van der Waals surface area contributed by atoms with Crippen LogP contribution in [0.2, 0.25) is 0 Å². The molecule has 1 aliphatic rings. The molecule has 5 nitrogen and oxygen atoms in total. The molecule has 0 saturated carbocycles. The normalized spacial score (nSPS) is 22.4. The van der Waals surface area contributed by atoms with Gasteiger partial charge in [0.05, 0.1) is 14.2 Å². The summed E-state index contributed by atoms with van der Waals surface area (Å²) in [5, 5.41) is 22.6. The molecule has 2 aromatic carbocycles. The van der Waals surface area contributed by atoms with E-state index in [2.05, 4.69) is 0 Å². The minimum Gasteiger partial charge on any atom is -0.496 e. The van der Waals surface area contributed by atoms with Gasteiger partial charge in [-0.1, -0.05) is 49.8 Å². The van der Waals surface area contributed by atoms with Gasteiger partial charge >= 0.3 is 0 Å². The first-order valence-electron chi connectivity index (χ1n) is 9.92. The Kier molecular flexibility index (Phi) is 6.40. The Bertz CT molecular complexity index is 903. The Morgan fingerprint density at radius 2 is 1.72 bits per heavy atom. The fourth-order valence-electron chi connectivity index (χ4n) is 3.90. The molecule has 1 aliphatic carbocycles. The summed E-state index contributed by atoms with van der Waals surface area (Å²) in [6, 6.07) is 13.0. The van der Waals surface area contributed by atoms with E-state index in [0.717, 1.165) is 12.0 Å². The van der Waals surface area contributed by atoms with Crippen LogP contribution < -0.4 is 9.47 Å². The minimum atomic E-state index is -1.94. The van der Waals surface area contributed by atoms with E-state index in [9.17, 15) is 15.0 Å². The van der Waals surface area contributed by atoms with Crippen LogP contribution in [0.5, 0.6) is 11.5 Å². The molecular weight excluding hydrogens is 368 g/mol. The van der Waals surface area contributed by atoms with E-state index in [0.29, 0.717) is 41.0 Å². The van der Waals surface area contributed by atoms with E-state index in [-0.39, 0.29) is 6.42 Å². The number of methoxy groups -OCH3 is 2. The lowest BCUT2D eigenvalue weighted by molar-refractivity contribution is -0.147. The topological polar surface area (TPSA) is 76.0 Å². The second-order valence-corrected chi connectivity index (χ2v) is 7.31. The first-order chi connectivity index (χ1) is 14.0. The number of aliphatic hydroxyl groups is 2. The van der Waals surface area contributed by atoms with Crippen LogP contribution in [0.3, 0.4) is 0 Å². The standard InChI is InChI=1S/C24H28O5/c1-4-5-11-17-20-18(28-2)12-13-19(29-3)21(20)23(26)24(27,22(17)25)15-14-16-9-7-6-8-10-16/h6-13,23,26-27H,4-5,14-15H2,1-3H3/b17-11-/t23-,24+/m1/s1. The number of benzene rings is 2. The third-order valence-corrected chi connectivity index (χ3v) is 5.51. The van der Waals surface area contributed by atoms with Gasteiger partial charge in [-0.3, -0.25) is 4.79 Å². The Hall–Kier alpha value is -2.63. The van der Waals surface area contributed by atoms with Crippen LogP contribution in [0.1, 0.15) is 49.0 Å². The van der Waals surface area contributed by atoms with Gasteiger partial charge in [0.15, 0.2) is 11.4 Å². The van der Waals surface area contributed by atoms with Crippen molar-refractivity contribution in [3.63, 3.8) is 0 Å². The summed E-state index contributed by atoms with van der Waals surface area (Å²) in [5.74, 6) is 0.412. The average molecular weight is 396 g/mol. The summed E-state index contributed by atoms with van der Waals surface area (Å²) in [5.41, 5.74) is 0.315. The van der Waals surface area contributed by atoms with Gasteiger partial charge in [0.2, 0.25) is 0 Å². The summed E-state index contributed by atoms with van der Waals surface area (Å²) in [4.78, 5) is 13.4. The lowest BCUT2D eigenvalue weighted by Crippen LogP contribution is -2.48. The Labute approximate surface area is 171 Å². The number of allylic oxidation sites excluding steroid dienone is 1. The van der Waals surface area contributed by atoms with Crippen molar-refractivity contribution >= 4 is 11.4 Å². The zero-order valence-corrected chi connectivity index (χ0v) is 17.1. The number of carbonyl (C=O) groups is 1. The van der Waals surface area contributed by atoms with Crippen molar-refractivity contribution in [2.24, 2.45) is 0 Å². The molecule has 154 valence electrons. The minimum absolute atomic E-state index is 0.0975. The van der Waals surface area contributed by atoms with Crippen LogP contribution in [0.4, 0.5) is 0 Å². The number of ketones is 1. The molecule has 0 bridgehead atoms. The summed E-state index contributed by atoms with van der Waals surface area (Å²) in [6.45, 7) is 2.02. The molecule has 2 aromatic rings. The van der Waals surface area contributed by atoms with E-state index in [4.69, 9.17) is 9.47 Å². The Morgan fingerprint density at radius 1 is 1.07 bits per heavy atom. The van der Waals surface area contributed by atoms with Crippen molar-refractivity contribution < 1.29 is 24.5 Å². The summed E-state index contributed by atoms with van der Waals surface area (Å²) >= 11 is 0. The lowest BCUT2D eigenvalue weighted by Gasteiger charge is -2.39. The summed E-state index contributed by atoms with van der Waals surface area (Å²) in [6.07, 6.45) is 2.48. The van der Waals surface area contributed by atoms with Crippen molar-refractivity contribution in [2.45, 2.75) is 44.3 Å². The molecular formula is C24H28O5. The number of hydrogen-bond donors (Lipinski definition) is 2. The van der Waals surface area contributed by atoms with E-state index >= 15 is 0 Å². The predicted octanol–water partition coefficient (Wildman–Crippen LogP) is 3.87. The number of unbranched alkanes of at least 4 members (excludes halogenated alkanes) is 1. The van der Waals surface area contributed by atoms with Crippen LogP contribution in [-0.2, 0) is 11.2 Å². The number of Topliss-reactive ketones (excluding diaryl/α,β-unsaturated/α-hetero) is 1. The highest BCUT2D eigenvalue weighted by atomic mass is 16.5. The highest BCUT2D eigenvalue weighted by molar-refractivity contribution is 6.27. The van der Waals surface area contributed by atoms with Gasteiger partial charge < -0.3 is 19.7 Å². The number of ether oxygens (including phenoxy) is 2. The third kappa shape index (κ3) is 3.80. The molecule has 5 heteroatoms. The van der Waals surface area contributed by atoms with Crippen LogP contribution in [-0.4, -0.2) is 35.8 Å². The molecule has 0 aromatic heterocycles. The number of hydrogen-bond acceptors (Lipinski definition) is 5. The molecule has 0 amide bonds. The highest BCUT2D eigenvalue weighted by Gasteiger charge is 2.51. The fourth-order valence-corrected chi connectivity index (χ4v) is 3.90. The van der Waals surface area contributed by atoms with Gasteiger partial charge in [-0.2, -0.15) is 0 Å². The van der Waals surface area contributed by atoms with Crippen molar-refractivity contribution in [1.82, 2.24) is 0 Å². The maximum Gasteiger partial charge on any atom is 0.197 e. The molecule has 0 fully saturated rings. The van der Waals surface area contributed by atoms with Crippen molar-refractivity contribution in [3.05, 3.63) is 65.2 Å². The van der Waals surface area contributed by atoms with Gasteiger partial charge in [0.1, 0.15) is 17.6 Å². The van der Waals surface area contributed by atoms with Gasteiger partial charge in [-0.25, -0.2) is 0 Å². The lowest BCUT2D eigenvalue weighted by atomic mass is 9.71. The quantitative estimate of drug-likeness (QED) is 0.695. The molecule has 0 aliphatic heterocycles. The zero-order chi connectivity index (χ0) is 21.0. The number of aryl methyl sites for hydroxylation is 1. The molecule has 2 N–H and O–H groups in total. The first kappa shape index (κ1) is 21.1. The molecule has 0 radical (unpaired) electrons. The molecule has 29 heavy (non-hydrogen) atoms. The van der Waals surface area contributed by atoms with Gasteiger partial charge in [0.25, 0.3) is 0 Å². The Balaban J connectivity index is 2.13. The van der Waals surface area contributed by atoms with E-state index in [1.807, 2.05) is 43.3 Å². The largest absolute Gasteiger partial charge is 0.496 e. The van der Waals surface area contributed by atoms with E-state index in [1.165, 1.54) is 14.2 Å². The SMILES string of the molecule is CCC/C=C1\C(=O)[C@@](O)(CCc2ccccc2)[C@H](O)c2c(OC)ccc(OC)c21. The average Bonchev–Trinajstić information content (AvgIpc) is 2.76. The maximum absolute atomic E-state index is 13.4. The van der Waals surface area contributed by atoms with Crippen molar-refractivity contribution in [1.29, 1.82) is 0 Å². The number of rotatable bonds is 7. The third-order valence-electron chi connectivity index (χ3n) is 5.51. The fraction of sp³-hybridized carbons (Fsp3) is 0.375. The summed E-state index contributed by atoms with van der Waals surface area (Å²) in [7, 11) is 3.02. The molecule has 0 unspecified atom stereocenters. The predicted molar refractivity (Wildman–Crippen MR) is 112 cm³/mol. The van der Waals surface area contributed by atoms with Crippen molar-refractivity contribution in [3.8, 4) is 11.5 Å². The maximum atomic E-state index is 13.4. The van der Waals surface area contributed by atoms with E-state index < -0.39 is 17.5 Å². The molecule has 0 saturated heterocycles.